The topological polar surface area (TPSA) is 38.5 Å². The molecular formula is C13H20F2N2O. The molecule has 0 spiro atoms. The van der Waals surface area contributed by atoms with Crippen molar-refractivity contribution in [2.75, 3.05) is 33.9 Å². The molecule has 0 radical (unpaired) electrons. The molecule has 2 N–H and O–H groups in total. The van der Waals surface area contributed by atoms with Crippen LogP contribution in [0.1, 0.15) is 5.56 Å². The van der Waals surface area contributed by atoms with E-state index in [0.717, 1.165) is 0 Å². The molecule has 5 heteroatoms. The zero-order valence-electron chi connectivity index (χ0n) is 10.8. The summed E-state index contributed by atoms with van der Waals surface area (Å²) in [6.45, 7) is 0.381. The molecular weight excluding hydrogens is 238 g/mol. The quantitative estimate of drug-likeness (QED) is 0.808. The highest BCUT2D eigenvalue weighted by Gasteiger charge is 2.32. The van der Waals surface area contributed by atoms with Gasteiger partial charge in [0.15, 0.2) is 0 Å². The molecule has 1 aromatic carbocycles. The molecule has 0 saturated heterocycles. The minimum Gasteiger partial charge on any atom is -0.383 e. The molecule has 102 valence electrons. The van der Waals surface area contributed by atoms with Crippen LogP contribution in [0.3, 0.4) is 0 Å². The van der Waals surface area contributed by atoms with E-state index in [1.54, 1.807) is 32.4 Å². The highest BCUT2D eigenvalue weighted by Crippen LogP contribution is 2.28. The lowest BCUT2D eigenvalue weighted by molar-refractivity contribution is -0.0341. The number of nitrogens with two attached hydrogens (primary N) is 1. The van der Waals surface area contributed by atoms with Gasteiger partial charge in [0.05, 0.1) is 13.2 Å². The van der Waals surface area contributed by atoms with E-state index in [2.05, 4.69) is 0 Å². The molecule has 0 amide bonds. The Morgan fingerprint density at radius 1 is 1.33 bits per heavy atom. The van der Waals surface area contributed by atoms with Gasteiger partial charge in [-0.1, -0.05) is 30.3 Å². The SMILES string of the molecule is COCC(N)CN(C)CC(F)(F)c1ccccc1. The number of hydrogen-bond acceptors (Lipinski definition) is 3. The summed E-state index contributed by atoms with van der Waals surface area (Å²) in [6, 6.07) is 7.55. The lowest BCUT2D eigenvalue weighted by Crippen LogP contribution is -2.42. The van der Waals surface area contributed by atoms with Gasteiger partial charge in [-0.3, -0.25) is 4.90 Å². The van der Waals surface area contributed by atoms with Gasteiger partial charge < -0.3 is 10.5 Å². The third-order valence-electron chi connectivity index (χ3n) is 2.59. The molecule has 1 unspecified atom stereocenters. The molecule has 0 aliphatic heterocycles. The largest absolute Gasteiger partial charge is 0.383 e. The fourth-order valence-corrected chi connectivity index (χ4v) is 1.84. The zero-order valence-corrected chi connectivity index (χ0v) is 10.8. The molecule has 1 rings (SSSR count). The fraction of sp³-hybridized carbons (Fsp3) is 0.538. The second-order valence-corrected chi connectivity index (χ2v) is 4.48. The summed E-state index contributed by atoms with van der Waals surface area (Å²) in [5.74, 6) is -2.87. The normalized spacial score (nSPS) is 13.9. The van der Waals surface area contributed by atoms with Gasteiger partial charge in [0.25, 0.3) is 5.92 Å². The maximum atomic E-state index is 13.9. The molecule has 0 bridgehead atoms. The van der Waals surface area contributed by atoms with Gasteiger partial charge >= 0.3 is 0 Å². The van der Waals surface area contributed by atoms with Gasteiger partial charge in [-0.05, 0) is 7.05 Å². The van der Waals surface area contributed by atoms with Crippen LogP contribution in [0, 0.1) is 0 Å². The Kier molecular flexibility index (Phi) is 5.65. The zero-order chi connectivity index (χ0) is 13.6. The van der Waals surface area contributed by atoms with Crippen molar-refractivity contribution in [3.63, 3.8) is 0 Å². The van der Waals surface area contributed by atoms with Crippen LogP contribution >= 0.6 is 0 Å². The molecule has 0 heterocycles. The van der Waals surface area contributed by atoms with Crippen LogP contribution < -0.4 is 5.73 Å². The maximum absolute atomic E-state index is 13.9. The van der Waals surface area contributed by atoms with Gasteiger partial charge in [0.2, 0.25) is 0 Å². The predicted octanol–water partition coefficient (Wildman–Crippen LogP) is 1.68. The summed E-state index contributed by atoms with van der Waals surface area (Å²) < 4.78 is 32.7. The lowest BCUT2D eigenvalue weighted by atomic mass is 10.1. The summed E-state index contributed by atoms with van der Waals surface area (Å²) in [5.41, 5.74) is 5.76. The Morgan fingerprint density at radius 2 is 1.94 bits per heavy atom. The number of nitrogens with zero attached hydrogens (tertiary/aromatic N) is 1. The van der Waals surface area contributed by atoms with Gasteiger partial charge in [0.1, 0.15) is 0 Å². The number of likely N-dealkylation sites (N-methyl/N-ethyl adjacent to an activating group) is 1. The molecule has 1 atom stereocenters. The average molecular weight is 258 g/mol. The number of alkyl halides is 2. The van der Waals surface area contributed by atoms with Crippen LogP contribution in [0.4, 0.5) is 8.78 Å². The van der Waals surface area contributed by atoms with Crippen molar-refractivity contribution in [1.82, 2.24) is 4.90 Å². The van der Waals surface area contributed by atoms with E-state index in [0.29, 0.717) is 13.2 Å². The van der Waals surface area contributed by atoms with E-state index in [1.165, 1.54) is 17.0 Å². The van der Waals surface area contributed by atoms with Crippen molar-refractivity contribution in [2.45, 2.75) is 12.0 Å². The van der Waals surface area contributed by atoms with E-state index >= 15 is 0 Å². The Bertz CT molecular complexity index is 346. The number of halogens is 2. The van der Waals surface area contributed by atoms with Crippen molar-refractivity contribution in [3.05, 3.63) is 35.9 Å². The summed E-state index contributed by atoms with van der Waals surface area (Å²) in [4.78, 5) is 1.52. The molecule has 0 aromatic heterocycles. The Labute approximate surface area is 107 Å². The second-order valence-electron chi connectivity index (χ2n) is 4.48. The van der Waals surface area contributed by atoms with Crippen molar-refractivity contribution in [1.29, 1.82) is 0 Å². The Morgan fingerprint density at radius 3 is 2.50 bits per heavy atom. The van der Waals surface area contributed by atoms with Crippen LogP contribution in [0.25, 0.3) is 0 Å². The predicted molar refractivity (Wildman–Crippen MR) is 67.7 cm³/mol. The highest BCUT2D eigenvalue weighted by atomic mass is 19.3. The monoisotopic (exact) mass is 258 g/mol. The van der Waals surface area contributed by atoms with Crippen LogP contribution in [-0.2, 0) is 10.7 Å². The standard InChI is InChI=1S/C13H20F2N2O/c1-17(8-12(16)9-18-2)10-13(14,15)11-6-4-3-5-7-11/h3-7,12H,8-10,16H2,1-2H3. The van der Waals surface area contributed by atoms with Gasteiger partial charge in [0, 0.05) is 25.3 Å². The summed E-state index contributed by atoms with van der Waals surface area (Å²) in [7, 11) is 3.17. The van der Waals surface area contributed by atoms with Crippen molar-refractivity contribution in [2.24, 2.45) is 5.73 Å². The number of hydrogen-bond donors (Lipinski definition) is 1. The first-order chi connectivity index (χ1) is 8.45. The third kappa shape index (κ3) is 4.68. The van der Waals surface area contributed by atoms with Crippen LogP contribution in [-0.4, -0.2) is 44.8 Å². The van der Waals surface area contributed by atoms with Crippen molar-refractivity contribution in [3.8, 4) is 0 Å². The first kappa shape index (κ1) is 15.0. The first-order valence-electron chi connectivity index (χ1n) is 5.82. The third-order valence-corrected chi connectivity index (χ3v) is 2.59. The maximum Gasteiger partial charge on any atom is 0.285 e. The molecule has 18 heavy (non-hydrogen) atoms. The van der Waals surface area contributed by atoms with E-state index in [1.807, 2.05) is 0 Å². The summed E-state index contributed by atoms with van der Waals surface area (Å²) in [5, 5.41) is 0. The van der Waals surface area contributed by atoms with Crippen LogP contribution in [0.2, 0.25) is 0 Å². The average Bonchev–Trinajstić information content (AvgIpc) is 2.29. The van der Waals surface area contributed by atoms with E-state index in [4.69, 9.17) is 10.5 Å². The van der Waals surface area contributed by atoms with Crippen molar-refractivity contribution >= 4 is 0 Å². The number of ether oxygens (including phenoxy) is 1. The van der Waals surface area contributed by atoms with Gasteiger partial charge in [-0.15, -0.1) is 0 Å². The van der Waals surface area contributed by atoms with Crippen molar-refractivity contribution < 1.29 is 13.5 Å². The molecule has 0 saturated carbocycles. The molecule has 0 fully saturated rings. The fourth-order valence-electron chi connectivity index (χ4n) is 1.84. The molecule has 3 nitrogen and oxygen atoms in total. The lowest BCUT2D eigenvalue weighted by Gasteiger charge is -2.26. The molecule has 1 aromatic rings. The van der Waals surface area contributed by atoms with Gasteiger partial charge in [-0.2, -0.15) is 8.78 Å². The second kappa shape index (κ2) is 6.78. The minimum atomic E-state index is -2.87. The summed E-state index contributed by atoms with van der Waals surface area (Å²) >= 11 is 0. The van der Waals surface area contributed by atoms with Gasteiger partial charge in [-0.25, -0.2) is 0 Å². The molecule has 0 aliphatic rings. The smallest absolute Gasteiger partial charge is 0.285 e. The number of benzene rings is 1. The number of rotatable bonds is 7. The minimum absolute atomic E-state index is 0.0252. The first-order valence-corrected chi connectivity index (χ1v) is 5.82. The van der Waals surface area contributed by atoms with E-state index in [-0.39, 0.29) is 18.2 Å². The van der Waals surface area contributed by atoms with Crippen LogP contribution in [0.15, 0.2) is 30.3 Å². The molecule has 0 aliphatic carbocycles. The highest BCUT2D eigenvalue weighted by molar-refractivity contribution is 5.20. The Balaban J connectivity index is 2.55. The van der Waals surface area contributed by atoms with Crippen LogP contribution in [0.5, 0.6) is 0 Å². The summed E-state index contributed by atoms with van der Waals surface area (Å²) in [6.07, 6.45) is 0. The Hall–Kier alpha value is -1.04. The van der Waals surface area contributed by atoms with E-state index < -0.39 is 5.92 Å². The van der Waals surface area contributed by atoms with E-state index in [9.17, 15) is 8.78 Å². The number of methoxy groups -OCH3 is 1.